The highest BCUT2D eigenvalue weighted by atomic mass is 19.1. The van der Waals surface area contributed by atoms with Gasteiger partial charge in [0.15, 0.2) is 11.6 Å². The van der Waals surface area contributed by atoms with E-state index in [9.17, 15) is 18.4 Å². The molecule has 0 radical (unpaired) electrons. The summed E-state index contributed by atoms with van der Waals surface area (Å²) in [6.07, 6.45) is 1.26. The first-order chi connectivity index (χ1) is 11.6. The molecule has 7 nitrogen and oxygen atoms in total. The first-order valence-corrected chi connectivity index (χ1v) is 6.69. The number of furan rings is 1. The van der Waals surface area contributed by atoms with Crippen molar-refractivity contribution in [3.05, 3.63) is 59.8 Å². The van der Waals surface area contributed by atoms with Gasteiger partial charge in [0.25, 0.3) is 17.6 Å². The van der Waals surface area contributed by atoms with E-state index in [0.29, 0.717) is 0 Å². The minimum Gasteiger partial charge on any atom is -0.461 e. The van der Waals surface area contributed by atoms with Gasteiger partial charge in [-0.05, 0) is 24.3 Å². The van der Waals surface area contributed by atoms with Crippen molar-refractivity contribution in [2.75, 3.05) is 0 Å². The number of aromatic nitrogens is 2. The Kier molecular flexibility index (Phi) is 4.15. The molecule has 3 rings (SSSR count). The number of Topliss-reactive ketones (excluding diaryl/α,β-unsaturated/α-hetero) is 1. The van der Waals surface area contributed by atoms with Gasteiger partial charge in [0, 0.05) is 0 Å². The van der Waals surface area contributed by atoms with Crippen LogP contribution in [0.15, 0.2) is 45.5 Å². The summed E-state index contributed by atoms with van der Waals surface area (Å²) in [5.74, 6) is -4.06. The monoisotopic (exact) mass is 333 g/mol. The van der Waals surface area contributed by atoms with Crippen LogP contribution in [0.25, 0.3) is 11.5 Å². The van der Waals surface area contributed by atoms with Crippen molar-refractivity contribution in [1.82, 2.24) is 15.5 Å². The largest absolute Gasteiger partial charge is 0.461 e. The van der Waals surface area contributed by atoms with Gasteiger partial charge < -0.3 is 14.3 Å². The number of hydrogen-bond acceptors (Lipinski definition) is 6. The number of halogens is 2. The molecule has 0 spiro atoms. The summed E-state index contributed by atoms with van der Waals surface area (Å²) in [4.78, 5) is 27.1. The van der Waals surface area contributed by atoms with Crippen molar-refractivity contribution in [2.24, 2.45) is 0 Å². The SMILES string of the molecule is O=C(NCc1noc(-c2c(F)cccc2F)n1)C(=O)c1ccco1. The van der Waals surface area contributed by atoms with Crippen LogP contribution in [0.5, 0.6) is 0 Å². The fourth-order valence-corrected chi connectivity index (χ4v) is 1.89. The van der Waals surface area contributed by atoms with Gasteiger partial charge in [-0.2, -0.15) is 4.98 Å². The zero-order valence-corrected chi connectivity index (χ0v) is 12.0. The molecule has 1 N–H and O–H groups in total. The number of nitrogens with zero attached hydrogens (tertiary/aromatic N) is 2. The normalized spacial score (nSPS) is 10.6. The van der Waals surface area contributed by atoms with E-state index in [1.54, 1.807) is 0 Å². The van der Waals surface area contributed by atoms with Gasteiger partial charge in [0.2, 0.25) is 0 Å². The lowest BCUT2D eigenvalue weighted by Crippen LogP contribution is -2.30. The predicted octanol–water partition coefficient (Wildman–Crippen LogP) is 2.11. The van der Waals surface area contributed by atoms with E-state index in [4.69, 9.17) is 8.94 Å². The predicted molar refractivity (Wildman–Crippen MR) is 74.5 cm³/mol. The van der Waals surface area contributed by atoms with Crippen LogP contribution >= 0.6 is 0 Å². The molecule has 0 aliphatic rings. The highest BCUT2D eigenvalue weighted by molar-refractivity contribution is 6.41. The van der Waals surface area contributed by atoms with Gasteiger partial charge in [-0.25, -0.2) is 8.78 Å². The summed E-state index contributed by atoms with van der Waals surface area (Å²) in [5.41, 5.74) is -0.464. The third-order valence-electron chi connectivity index (χ3n) is 3.00. The maximum Gasteiger partial charge on any atom is 0.296 e. The Labute approximate surface area is 133 Å². The van der Waals surface area contributed by atoms with Crippen molar-refractivity contribution < 1.29 is 27.3 Å². The molecule has 0 aliphatic heterocycles. The summed E-state index contributed by atoms with van der Waals surface area (Å²) in [6.45, 7) is -0.259. The minimum absolute atomic E-state index is 0.0479. The summed E-state index contributed by atoms with van der Waals surface area (Å²) in [5, 5.41) is 5.76. The Morgan fingerprint density at radius 2 is 1.88 bits per heavy atom. The van der Waals surface area contributed by atoms with Crippen LogP contribution in [-0.4, -0.2) is 21.8 Å². The van der Waals surface area contributed by atoms with Crippen molar-refractivity contribution in [1.29, 1.82) is 0 Å². The Morgan fingerprint density at radius 3 is 2.54 bits per heavy atom. The second kappa shape index (κ2) is 6.41. The standard InChI is InChI=1S/C15H9F2N3O4/c16-8-3-1-4-9(17)12(8)15-19-11(20-24-15)7-18-14(22)13(21)10-5-2-6-23-10/h1-6H,7H2,(H,18,22). The van der Waals surface area contributed by atoms with E-state index in [0.717, 1.165) is 12.1 Å². The molecule has 0 aliphatic carbocycles. The summed E-state index contributed by atoms with van der Waals surface area (Å²) in [6, 6.07) is 6.11. The number of benzene rings is 1. The highest BCUT2D eigenvalue weighted by Crippen LogP contribution is 2.24. The Balaban J connectivity index is 1.69. The Bertz CT molecular complexity index is 870. The molecule has 24 heavy (non-hydrogen) atoms. The molecule has 0 unspecified atom stereocenters. The fraction of sp³-hybridized carbons (Fsp3) is 0.0667. The topological polar surface area (TPSA) is 98.2 Å². The fourth-order valence-electron chi connectivity index (χ4n) is 1.89. The van der Waals surface area contributed by atoms with Crippen LogP contribution in [0.2, 0.25) is 0 Å². The van der Waals surface area contributed by atoms with Crippen LogP contribution < -0.4 is 5.32 Å². The number of carbonyl (C=O) groups is 2. The average molecular weight is 333 g/mol. The van der Waals surface area contributed by atoms with E-state index < -0.39 is 28.9 Å². The molecular weight excluding hydrogens is 324 g/mol. The molecular formula is C15H9F2N3O4. The lowest BCUT2D eigenvalue weighted by molar-refractivity contribution is -0.117. The smallest absolute Gasteiger partial charge is 0.296 e. The molecule has 9 heteroatoms. The quantitative estimate of drug-likeness (QED) is 0.567. The lowest BCUT2D eigenvalue weighted by atomic mass is 10.2. The van der Waals surface area contributed by atoms with E-state index in [1.807, 2.05) is 0 Å². The number of ketones is 1. The van der Waals surface area contributed by atoms with Gasteiger partial charge in [-0.3, -0.25) is 9.59 Å². The van der Waals surface area contributed by atoms with Crippen LogP contribution in [0.4, 0.5) is 8.78 Å². The zero-order chi connectivity index (χ0) is 17.1. The maximum atomic E-state index is 13.6. The molecule has 2 heterocycles. The first-order valence-electron chi connectivity index (χ1n) is 6.69. The van der Waals surface area contributed by atoms with Crippen molar-refractivity contribution in [2.45, 2.75) is 6.54 Å². The molecule has 1 aromatic carbocycles. The number of carbonyl (C=O) groups excluding carboxylic acids is 2. The van der Waals surface area contributed by atoms with Crippen molar-refractivity contribution in [3.8, 4) is 11.5 Å². The number of nitrogens with one attached hydrogen (secondary N) is 1. The van der Waals surface area contributed by atoms with Crippen LogP contribution in [0, 0.1) is 11.6 Å². The third-order valence-corrected chi connectivity index (χ3v) is 3.00. The summed E-state index contributed by atoms with van der Waals surface area (Å²) in [7, 11) is 0. The molecule has 2 aromatic heterocycles. The highest BCUT2D eigenvalue weighted by Gasteiger charge is 2.21. The Morgan fingerprint density at radius 1 is 1.12 bits per heavy atom. The maximum absolute atomic E-state index is 13.6. The van der Waals surface area contributed by atoms with Crippen molar-refractivity contribution in [3.63, 3.8) is 0 Å². The third kappa shape index (κ3) is 3.05. The Hall–Kier alpha value is -3.36. The first kappa shape index (κ1) is 15.5. The second-order valence-electron chi connectivity index (χ2n) is 4.60. The van der Waals surface area contributed by atoms with Gasteiger partial charge >= 0.3 is 0 Å². The molecule has 122 valence electrons. The van der Waals surface area contributed by atoms with E-state index in [2.05, 4.69) is 15.5 Å². The van der Waals surface area contributed by atoms with E-state index in [-0.39, 0.29) is 24.0 Å². The number of amides is 1. The molecule has 0 saturated heterocycles. The zero-order valence-electron chi connectivity index (χ0n) is 12.0. The summed E-state index contributed by atoms with van der Waals surface area (Å²) < 4.78 is 36.9. The molecule has 0 bridgehead atoms. The molecule has 3 aromatic rings. The van der Waals surface area contributed by atoms with Crippen LogP contribution in [0.3, 0.4) is 0 Å². The number of hydrogen-bond donors (Lipinski definition) is 1. The van der Waals surface area contributed by atoms with Gasteiger partial charge in [-0.1, -0.05) is 11.2 Å². The molecule has 1 amide bonds. The van der Waals surface area contributed by atoms with Gasteiger partial charge in [0.05, 0.1) is 12.8 Å². The second-order valence-corrected chi connectivity index (χ2v) is 4.60. The molecule has 0 atom stereocenters. The number of rotatable bonds is 5. The van der Waals surface area contributed by atoms with E-state index in [1.165, 1.54) is 24.5 Å². The summed E-state index contributed by atoms with van der Waals surface area (Å²) >= 11 is 0. The minimum atomic E-state index is -0.937. The average Bonchev–Trinajstić information content (AvgIpc) is 3.23. The molecule has 0 fully saturated rings. The van der Waals surface area contributed by atoms with Gasteiger partial charge in [-0.15, -0.1) is 0 Å². The van der Waals surface area contributed by atoms with Crippen LogP contribution in [-0.2, 0) is 11.3 Å². The lowest BCUT2D eigenvalue weighted by Gasteiger charge is -1.99. The van der Waals surface area contributed by atoms with Crippen molar-refractivity contribution >= 4 is 11.7 Å². The molecule has 0 saturated carbocycles. The van der Waals surface area contributed by atoms with Crippen LogP contribution in [0.1, 0.15) is 16.4 Å². The van der Waals surface area contributed by atoms with Gasteiger partial charge in [0.1, 0.15) is 17.2 Å². The van der Waals surface area contributed by atoms with E-state index >= 15 is 0 Å².